The first kappa shape index (κ1) is 24.5. The van der Waals surface area contributed by atoms with Crippen molar-refractivity contribution in [3.8, 4) is 0 Å². The molecule has 1 atom stereocenters. The molecule has 9 heteroatoms. The lowest BCUT2D eigenvalue weighted by atomic mass is 9.77. The standard InChI is InChI=1S/C27H27N5O4/c1-32-24(22(17-29-32)30-25(34)23(33)18-28-26(35)36)31-27(19-11-5-2-6-12-19,20-13-7-3-8-14-20)21-15-9-4-10-16-21/h2-17,23,28,31,33H,18H2,1H3,(H,30,34)(H,35,36)/p-1. The molecule has 4 aromatic rings. The zero-order valence-electron chi connectivity index (χ0n) is 19.6. The van der Waals surface area contributed by atoms with Gasteiger partial charge in [0.15, 0.2) is 0 Å². The Kier molecular flexibility index (Phi) is 7.31. The quantitative estimate of drug-likeness (QED) is 0.269. The number of amides is 2. The predicted molar refractivity (Wildman–Crippen MR) is 134 cm³/mol. The number of hydrogen-bond donors (Lipinski definition) is 4. The molecule has 0 radical (unpaired) electrons. The molecule has 0 fully saturated rings. The topological polar surface area (TPSA) is 131 Å². The van der Waals surface area contributed by atoms with Gasteiger partial charge in [0, 0.05) is 7.05 Å². The molecule has 1 unspecified atom stereocenters. The van der Waals surface area contributed by atoms with Crippen LogP contribution in [0.3, 0.4) is 0 Å². The van der Waals surface area contributed by atoms with Gasteiger partial charge in [0.2, 0.25) is 0 Å². The summed E-state index contributed by atoms with van der Waals surface area (Å²) in [4.78, 5) is 23.2. The summed E-state index contributed by atoms with van der Waals surface area (Å²) in [6.45, 7) is -0.501. The summed E-state index contributed by atoms with van der Waals surface area (Å²) in [5, 5.41) is 33.2. The Labute approximate surface area is 208 Å². The summed E-state index contributed by atoms with van der Waals surface area (Å²) in [6, 6.07) is 29.8. The van der Waals surface area contributed by atoms with Crippen molar-refractivity contribution in [2.75, 3.05) is 17.2 Å². The van der Waals surface area contributed by atoms with Crippen LogP contribution in [0.25, 0.3) is 0 Å². The van der Waals surface area contributed by atoms with E-state index in [1.165, 1.54) is 6.20 Å². The highest BCUT2D eigenvalue weighted by Crippen LogP contribution is 2.41. The minimum atomic E-state index is -1.61. The van der Waals surface area contributed by atoms with Crippen molar-refractivity contribution in [3.05, 3.63) is 114 Å². The first-order valence-corrected chi connectivity index (χ1v) is 11.3. The molecule has 36 heavy (non-hydrogen) atoms. The third-order valence-corrected chi connectivity index (χ3v) is 5.87. The molecule has 3 aromatic carbocycles. The van der Waals surface area contributed by atoms with E-state index < -0.39 is 30.2 Å². The summed E-state index contributed by atoms with van der Waals surface area (Å²) in [6.07, 6.45) is -1.73. The van der Waals surface area contributed by atoms with Crippen molar-refractivity contribution in [3.63, 3.8) is 0 Å². The molecule has 0 saturated heterocycles. The molecule has 0 bridgehead atoms. The fourth-order valence-electron chi connectivity index (χ4n) is 4.12. The van der Waals surface area contributed by atoms with Gasteiger partial charge in [-0.05, 0) is 16.7 Å². The van der Waals surface area contributed by atoms with Crippen LogP contribution in [0.1, 0.15) is 16.7 Å². The van der Waals surface area contributed by atoms with Gasteiger partial charge in [-0.25, -0.2) is 0 Å². The summed E-state index contributed by atoms with van der Waals surface area (Å²) in [5.41, 5.74) is 2.33. The zero-order chi connectivity index (χ0) is 25.5. The van der Waals surface area contributed by atoms with E-state index in [2.05, 4.69) is 15.7 Å². The van der Waals surface area contributed by atoms with Gasteiger partial charge < -0.3 is 31.0 Å². The monoisotopic (exact) mass is 484 g/mol. The average Bonchev–Trinajstić information content (AvgIpc) is 3.25. The van der Waals surface area contributed by atoms with Gasteiger partial charge in [-0.15, -0.1) is 0 Å². The Morgan fingerprint density at radius 2 is 1.39 bits per heavy atom. The van der Waals surface area contributed by atoms with E-state index in [0.717, 1.165) is 16.7 Å². The molecule has 4 N–H and O–H groups in total. The van der Waals surface area contributed by atoms with Crippen LogP contribution in [0.5, 0.6) is 0 Å². The lowest BCUT2D eigenvalue weighted by Gasteiger charge is -2.38. The van der Waals surface area contributed by atoms with Crippen LogP contribution >= 0.6 is 0 Å². The second-order valence-electron chi connectivity index (χ2n) is 8.18. The number of nitrogens with zero attached hydrogens (tertiary/aromatic N) is 2. The highest BCUT2D eigenvalue weighted by Gasteiger charge is 2.38. The molecule has 0 aliphatic heterocycles. The molecular weight excluding hydrogens is 458 g/mol. The Morgan fingerprint density at radius 1 is 0.917 bits per heavy atom. The van der Waals surface area contributed by atoms with E-state index in [0.29, 0.717) is 11.5 Å². The number of carboxylic acid groups (broad SMARTS) is 1. The molecule has 0 saturated carbocycles. The molecule has 184 valence electrons. The van der Waals surface area contributed by atoms with Gasteiger partial charge in [0.05, 0.1) is 12.7 Å². The summed E-state index contributed by atoms with van der Waals surface area (Å²) in [7, 11) is 1.73. The van der Waals surface area contributed by atoms with Crippen molar-refractivity contribution < 1.29 is 19.8 Å². The van der Waals surface area contributed by atoms with E-state index in [1.54, 1.807) is 11.7 Å². The third kappa shape index (κ3) is 5.06. The normalized spacial score (nSPS) is 11.9. The number of aliphatic hydroxyl groups is 1. The molecule has 4 rings (SSSR count). The minimum Gasteiger partial charge on any atom is -0.530 e. The Bertz CT molecular complexity index is 1210. The number of hydrogen-bond acceptors (Lipinski definition) is 6. The van der Waals surface area contributed by atoms with E-state index in [9.17, 15) is 19.8 Å². The Balaban J connectivity index is 1.80. The number of aliphatic hydroxyl groups excluding tert-OH is 1. The highest BCUT2D eigenvalue weighted by molar-refractivity contribution is 5.96. The maximum Gasteiger partial charge on any atom is 0.255 e. The van der Waals surface area contributed by atoms with Crippen molar-refractivity contribution >= 4 is 23.5 Å². The largest absolute Gasteiger partial charge is 0.530 e. The maximum atomic E-state index is 12.6. The van der Waals surface area contributed by atoms with Gasteiger partial charge in [0.1, 0.15) is 29.2 Å². The smallest absolute Gasteiger partial charge is 0.255 e. The Hall–Kier alpha value is -4.63. The van der Waals surface area contributed by atoms with Crippen LogP contribution in [0.2, 0.25) is 0 Å². The molecule has 1 heterocycles. The summed E-state index contributed by atoms with van der Waals surface area (Å²) in [5.74, 6) is -0.301. The Morgan fingerprint density at radius 3 is 1.83 bits per heavy atom. The van der Waals surface area contributed by atoms with E-state index in [4.69, 9.17) is 0 Å². The van der Waals surface area contributed by atoms with E-state index in [-0.39, 0.29) is 0 Å². The van der Waals surface area contributed by atoms with Crippen LogP contribution in [-0.4, -0.2) is 39.5 Å². The molecule has 1 aromatic heterocycles. The molecule has 0 spiro atoms. The van der Waals surface area contributed by atoms with Crippen LogP contribution in [0.15, 0.2) is 97.2 Å². The van der Waals surface area contributed by atoms with Gasteiger partial charge in [-0.1, -0.05) is 91.0 Å². The second-order valence-corrected chi connectivity index (χ2v) is 8.18. The number of benzene rings is 3. The molecule has 9 nitrogen and oxygen atoms in total. The van der Waals surface area contributed by atoms with Gasteiger partial charge in [-0.3, -0.25) is 9.48 Å². The van der Waals surface area contributed by atoms with Crippen molar-refractivity contribution in [2.24, 2.45) is 7.05 Å². The number of nitrogens with one attached hydrogen (secondary N) is 3. The van der Waals surface area contributed by atoms with E-state index in [1.807, 2.05) is 96.3 Å². The summed E-state index contributed by atoms with van der Waals surface area (Å²) >= 11 is 0. The lowest BCUT2D eigenvalue weighted by Crippen LogP contribution is -2.44. The molecular formula is C27H26N5O4-. The zero-order valence-corrected chi connectivity index (χ0v) is 19.6. The average molecular weight is 485 g/mol. The number of aryl methyl sites for hydroxylation is 1. The predicted octanol–water partition coefficient (Wildman–Crippen LogP) is 2.06. The van der Waals surface area contributed by atoms with Gasteiger partial charge in [0.25, 0.3) is 5.91 Å². The van der Waals surface area contributed by atoms with Crippen molar-refractivity contribution in [1.29, 1.82) is 0 Å². The number of carbonyl (C=O) groups excluding carboxylic acids is 2. The first-order chi connectivity index (χ1) is 17.4. The number of aromatic nitrogens is 2. The fraction of sp³-hybridized carbons (Fsp3) is 0.148. The first-order valence-electron chi connectivity index (χ1n) is 11.3. The van der Waals surface area contributed by atoms with Crippen LogP contribution in [-0.2, 0) is 17.4 Å². The SMILES string of the molecule is Cn1ncc(NC(=O)C(O)CNC(=O)[O-])c1NC(c1ccccc1)(c1ccccc1)c1ccccc1. The second kappa shape index (κ2) is 10.7. The summed E-state index contributed by atoms with van der Waals surface area (Å²) < 4.78 is 1.59. The minimum absolute atomic E-state index is 0.321. The van der Waals surface area contributed by atoms with Gasteiger partial charge in [-0.2, -0.15) is 5.10 Å². The van der Waals surface area contributed by atoms with Crippen molar-refractivity contribution in [1.82, 2.24) is 15.1 Å². The molecule has 0 aliphatic carbocycles. The van der Waals surface area contributed by atoms with Crippen LogP contribution in [0.4, 0.5) is 16.3 Å². The molecule has 0 aliphatic rings. The fourth-order valence-corrected chi connectivity index (χ4v) is 4.12. The van der Waals surface area contributed by atoms with Gasteiger partial charge >= 0.3 is 0 Å². The number of anilines is 2. The lowest BCUT2D eigenvalue weighted by molar-refractivity contribution is -0.251. The maximum absolute atomic E-state index is 12.6. The van der Waals surface area contributed by atoms with E-state index >= 15 is 0 Å². The van der Waals surface area contributed by atoms with Crippen LogP contribution in [0, 0.1) is 0 Å². The van der Waals surface area contributed by atoms with Crippen molar-refractivity contribution in [2.45, 2.75) is 11.6 Å². The van der Waals surface area contributed by atoms with Crippen LogP contribution < -0.4 is 21.1 Å². The molecule has 2 amide bonds. The third-order valence-electron chi connectivity index (χ3n) is 5.87. The number of rotatable bonds is 9. The number of carbonyl (C=O) groups is 2. The highest BCUT2D eigenvalue weighted by atomic mass is 16.4.